The molecule has 1 amide bonds. The molecule has 0 radical (unpaired) electrons. The van der Waals surface area contributed by atoms with Crippen LogP contribution in [0.25, 0.3) is 0 Å². The van der Waals surface area contributed by atoms with Gasteiger partial charge in [0.05, 0.1) is 6.04 Å². The van der Waals surface area contributed by atoms with E-state index < -0.39 is 5.60 Å². The Bertz CT molecular complexity index is 493. The minimum atomic E-state index is -0.521. The molecule has 1 heterocycles. The molecule has 0 bridgehead atoms. The fourth-order valence-electron chi connectivity index (χ4n) is 2.42. The van der Waals surface area contributed by atoms with Gasteiger partial charge in [-0.2, -0.15) is 0 Å². The first-order chi connectivity index (χ1) is 9.26. The van der Waals surface area contributed by atoms with Gasteiger partial charge in [-0.15, -0.1) is 0 Å². The monoisotopic (exact) mass is 343 g/mol. The normalized spacial score (nSPS) is 19.2. The molecule has 0 saturated carbocycles. The van der Waals surface area contributed by atoms with Gasteiger partial charge in [0.25, 0.3) is 0 Å². The van der Waals surface area contributed by atoms with Gasteiger partial charge in [0.1, 0.15) is 11.4 Å². The van der Waals surface area contributed by atoms with Crippen LogP contribution in [0.15, 0.2) is 22.7 Å². The van der Waals surface area contributed by atoms with Crippen LogP contribution < -0.4 is 0 Å². The number of amides is 1. The van der Waals surface area contributed by atoms with E-state index in [4.69, 9.17) is 4.74 Å². The van der Waals surface area contributed by atoms with Crippen molar-refractivity contribution in [3.63, 3.8) is 0 Å². The van der Waals surface area contributed by atoms with Crippen LogP contribution in [-0.4, -0.2) is 23.1 Å². The van der Waals surface area contributed by atoms with E-state index in [1.807, 2.05) is 26.8 Å². The number of carbonyl (C=O) groups is 1. The summed E-state index contributed by atoms with van der Waals surface area (Å²) in [5.74, 6) is -0.301. The first-order valence-electron chi connectivity index (χ1n) is 6.72. The lowest BCUT2D eigenvalue weighted by atomic mass is 10.0. The number of hydrogen-bond donors (Lipinski definition) is 0. The first-order valence-corrected chi connectivity index (χ1v) is 7.51. The van der Waals surface area contributed by atoms with Gasteiger partial charge in [-0.05, 0) is 57.4 Å². The molecule has 1 aliphatic heterocycles. The Balaban J connectivity index is 2.20. The standard InChI is InChI=1S/C15H19BrFNO2/c1-15(2,3)20-14(19)18-6-4-5-13(18)10-7-11(16)9-12(17)8-10/h7-9,13H,4-6H2,1-3H3/t13-/m0/s1. The third-order valence-electron chi connectivity index (χ3n) is 3.15. The smallest absolute Gasteiger partial charge is 0.410 e. The fourth-order valence-corrected chi connectivity index (χ4v) is 2.90. The number of halogens is 2. The van der Waals surface area contributed by atoms with Crippen LogP contribution in [0, 0.1) is 5.82 Å². The Morgan fingerprint density at radius 2 is 2.10 bits per heavy atom. The predicted octanol–water partition coefficient (Wildman–Crippen LogP) is 4.66. The number of rotatable bonds is 1. The summed E-state index contributed by atoms with van der Waals surface area (Å²) < 4.78 is 19.6. The van der Waals surface area contributed by atoms with Crippen molar-refractivity contribution in [2.45, 2.75) is 45.3 Å². The van der Waals surface area contributed by atoms with Gasteiger partial charge in [0.15, 0.2) is 0 Å². The van der Waals surface area contributed by atoms with E-state index in [1.54, 1.807) is 4.90 Å². The summed E-state index contributed by atoms with van der Waals surface area (Å²) in [4.78, 5) is 13.9. The van der Waals surface area contributed by atoms with E-state index in [9.17, 15) is 9.18 Å². The third-order valence-corrected chi connectivity index (χ3v) is 3.61. The molecular weight excluding hydrogens is 325 g/mol. The van der Waals surface area contributed by atoms with Gasteiger partial charge in [-0.1, -0.05) is 15.9 Å². The third kappa shape index (κ3) is 3.72. The van der Waals surface area contributed by atoms with Crippen LogP contribution in [0.4, 0.5) is 9.18 Å². The van der Waals surface area contributed by atoms with Crippen LogP contribution in [0.5, 0.6) is 0 Å². The average Bonchev–Trinajstić information content (AvgIpc) is 2.73. The topological polar surface area (TPSA) is 29.5 Å². The van der Waals surface area contributed by atoms with Crippen LogP contribution in [0.2, 0.25) is 0 Å². The lowest BCUT2D eigenvalue weighted by Gasteiger charge is -2.29. The fraction of sp³-hybridized carbons (Fsp3) is 0.533. The Morgan fingerprint density at radius 1 is 1.40 bits per heavy atom. The lowest BCUT2D eigenvalue weighted by molar-refractivity contribution is 0.0224. The second kappa shape index (κ2) is 5.72. The molecule has 3 nitrogen and oxygen atoms in total. The van der Waals surface area contributed by atoms with E-state index >= 15 is 0 Å². The van der Waals surface area contributed by atoms with Gasteiger partial charge in [-0.3, -0.25) is 0 Å². The van der Waals surface area contributed by atoms with Gasteiger partial charge < -0.3 is 9.64 Å². The van der Waals surface area contributed by atoms with Crippen molar-refractivity contribution >= 4 is 22.0 Å². The minimum absolute atomic E-state index is 0.114. The summed E-state index contributed by atoms with van der Waals surface area (Å²) in [5.41, 5.74) is 0.285. The maximum Gasteiger partial charge on any atom is 0.410 e. The summed E-state index contributed by atoms with van der Waals surface area (Å²) in [6.07, 6.45) is 1.40. The van der Waals surface area contributed by atoms with Crippen molar-refractivity contribution in [1.29, 1.82) is 0 Å². The molecule has 2 rings (SSSR count). The molecule has 5 heteroatoms. The van der Waals surface area contributed by atoms with Gasteiger partial charge in [0.2, 0.25) is 0 Å². The van der Waals surface area contributed by atoms with Crippen molar-refractivity contribution in [2.75, 3.05) is 6.54 Å². The Morgan fingerprint density at radius 3 is 2.70 bits per heavy atom. The molecule has 0 N–H and O–H groups in total. The number of hydrogen-bond acceptors (Lipinski definition) is 2. The molecule has 20 heavy (non-hydrogen) atoms. The summed E-state index contributed by atoms with van der Waals surface area (Å²) in [6, 6.07) is 4.64. The van der Waals surface area contributed by atoms with Crippen molar-refractivity contribution in [1.82, 2.24) is 4.90 Å². The van der Waals surface area contributed by atoms with E-state index in [0.29, 0.717) is 11.0 Å². The van der Waals surface area contributed by atoms with Crippen molar-refractivity contribution in [3.8, 4) is 0 Å². The molecule has 1 aromatic rings. The zero-order valence-electron chi connectivity index (χ0n) is 12.0. The minimum Gasteiger partial charge on any atom is -0.444 e. The Labute approximate surface area is 127 Å². The molecule has 110 valence electrons. The summed E-state index contributed by atoms with van der Waals surface area (Å²) in [7, 11) is 0. The van der Waals surface area contributed by atoms with Crippen molar-refractivity contribution in [2.24, 2.45) is 0 Å². The Hall–Kier alpha value is -1.10. The summed E-state index contributed by atoms with van der Waals surface area (Å²) in [6.45, 7) is 6.17. The van der Waals surface area contributed by atoms with E-state index in [-0.39, 0.29) is 18.0 Å². The van der Waals surface area contributed by atoms with Crippen LogP contribution in [0.3, 0.4) is 0 Å². The maximum absolute atomic E-state index is 13.5. The lowest BCUT2D eigenvalue weighted by Crippen LogP contribution is -2.36. The van der Waals surface area contributed by atoms with E-state index in [0.717, 1.165) is 18.4 Å². The SMILES string of the molecule is CC(C)(C)OC(=O)N1CCC[C@H]1c1cc(F)cc(Br)c1. The quantitative estimate of drug-likeness (QED) is 0.742. The molecule has 1 aliphatic rings. The summed E-state index contributed by atoms with van der Waals surface area (Å²) >= 11 is 3.29. The number of ether oxygens (including phenoxy) is 1. The molecule has 1 fully saturated rings. The van der Waals surface area contributed by atoms with Crippen LogP contribution in [-0.2, 0) is 4.74 Å². The van der Waals surface area contributed by atoms with Crippen LogP contribution >= 0.6 is 15.9 Å². The molecular formula is C15H19BrFNO2. The first kappa shape index (κ1) is 15.3. The molecule has 1 saturated heterocycles. The number of benzene rings is 1. The Kier molecular flexibility index (Phi) is 4.37. The number of likely N-dealkylation sites (tertiary alicyclic amines) is 1. The number of carbonyl (C=O) groups excluding carboxylic acids is 1. The van der Waals surface area contributed by atoms with Crippen molar-refractivity contribution in [3.05, 3.63) is 34.1 Å². The molecule has 1 atom stereocenters. The second-order valence-corrected chi connectivity index (χ2v) is 6.95. The molecule has 0 aromatic heterocycles. The predicted molar refractivity (Wildman–Crippen MR) is 79.0 cm³/mol. The summed E-state index contributed by atoms with van der Waals surface area (Å²) in [5, 5.41) is 0. The van der Waals surface area contributed by atoms with E-state index in [1.165, 1.54) is 12.1 Å². The maximum atomic E-state index is 13.5. The van der Waals surface area contributed by atoms with Crippen molar-refractivity contribution < 1.29 is 13.9 Å². The van der Waals surface area contributed by atoms with Gasteiger partial charge in [0, 0.05) is 11.0 Å². The average molecular weight is 344 g/mol. The van der Waals surface area contributed by atoms with Gasteiger partial charge >= 0.3 is 6.09 Å². The van der Waals surface area contributed by atoms with E-state index in [2.05, 4.69) is 15.9 Å². The molecule has 1 aromatic carbocycles. The molecule has 0 unspecified atom stereocenters. The number of nitrogens with zero attached hydrogens (tertiary/aromatic N) is 1. The molecule has 0 spiro atoms. The zero-order valence-corrected chi connectivity index (χ0v) is 13.5. The highest BCUT2D eigenvalue weighted by atomic mass is 79.9. The highest BCUT2D eigenvalue weighted by molar-refractivity contribution is 9.10. The largest absolute Gasteiger partial charge is 0.444 e. The van der Waals surface area contributed by atoms with Gasteiger partial charge in [-0.25, -0.2) is 9.18 Å². The highest BCUT2D eigenvalue weighted by Gasteiger charge is 2.33. The highest BCUT2D eigenvalue weighted by Crippen LogP contribution is 2.34. The second-order valence-electron chi connectivity index (χ2n) is 6.03. The zero-order chi connectivity index (χ0) is 14.9. The molecule has 0 aliphatic carbocycles. The van der Waals surface area contributed by atoms with Crippen LogP contribution in [0.1, 0.15) is 45.2 Å².